The summed E-state index contributed by atoms with van der Waals surface area (Å²) in [7, 11) is 0. The molecule has 0 spiro atoms. The number of anilines is 12. The van der Waals surface area contributed by atoms with Crippen molar-refractivity contribution in [1.29, 1.82) is 0 Å². The number of hydrogen-bond acceptors (Lipinski definition) is 6. The maximum atomic E-state index is 7.21. The van der Waals surface area contributed by atoms with Gasteiger partial charge in [-0.25, -0.2) is 0 Å². The predicted octanol–water partition coefficient (Wildman–Crippen LogP) is 20.7. The summed E-state index contributed by atoms with van der Waals surface area (Å²) in [5, 5.41) is 8.86. The Morgan fingerprint density at radius 1 is 0.287 bits per heavy atom. The molecule has 0 aliphatic carbocycles. The Labute approximate surface area is 506 Å². The highest BCUT2D eigenvalue weighted by atomic mass is 16.3. The van der Waals surface area contributed by atoms with Gasteiger partial charge in [0.2, 0.25) is 0 Å². The highest BCUT2D eigenvalue weighted by Gasteiger charge is 2.45. The Morgan fingerprint density at radius 3 is 1.00 bits per heavy atom. The largest absolute Gasteiger partial charge is 0.456 e. The molecule has 17 rings (SSSR count). The number of para-hydroxylation sites is 4. The number of rotatable bonds is 8. The van der Waals surface area contributed by atoms with E-state index in [0.717, 1.165) is 122 Å². The molecule has 4 heterocycles. The van der Waals surface area contributed by atoms with Crippen LogP contribution in [0.4, 0.5) is 68.2 Å². The lowest BCUT2D eigenvalue weighted by atomic mass is 9.33. The van der Waals surface area contributed by atoms with Crippen LogP contribution in [-0.4, -0.2) is 6.71 Å². The summed E-state index contributed by atoms with van der Waals surface area (Å²) >= 11 is 0. The molecule has 2 aliphatic rings. The van der Waals surface area contributed by atoms with E-state index < -0.39 is 0 Å². The molecule has 13 aromatic carbocycles. The molecule has 0 amide bonds. The van der Waals surface area contributed by atoms with Crippen molar-refractivity contribution in [3.8, 4) is 0 Å². The van der Waals surface area contributed by atoms with Crippen LogP contribution >= 0.6 is 0 Å². The molecule has 6 nitrogen and oxygen atoms in total. The molecule has 87 heavy (non-hydrogen) atoms. The summed E-state index contributed by atoms with van der Waals surface area (Å²) in [4.78, 5) is 9.77. The smallest absolute Gasteiger partial charge is 0.252 e. The van der Waals surface area contributed by atoms with Gasteiger partial charge in [-0.15, -0.1) is 0 Å². The van der Waals surface area contributed by atoms with E-state index in [1.165, 1.54) is 61.1 Å². The topological polar surface area (TPSA) is 39.2 Å². The Morgan fingerprint density at radius 2 is 0.632 bits per heavy atom. The average molecular weight is 1120 g/mol. The van der Waals surface area contributed by atoms with E-state index in [9.17, 15) is 0 Å². The second-order valence-electron chi connectivity index (χ2n) is 24.1. The Hall–Kier alpha value is -10.8. The minimum absolute atomic E-state index is 0.187. The molecule has 0 unspecified atom stereocenters. The van der Waals surface area contributed by atoms with Gasteiger partial charge >= 0.3 is 0 Å². The average Bonchev–Trinajstić information content (AvgIpc) is 1.62. The van der Waals surface area contributed by atoms with E-state index in [4.69, 9.17) is 8.83 Å². The first kappa shape index (κ1) is 50.7. The van der Waals surface area contributed by atoms with Gasteiger partial charge in [0.05, 0.1) is 11.4 Å². The van der Waals surface area contributed by atoms with Crippen LogP contribution < -0.4 is 36.0 Å². The predicted molar refractivity (Wildman–Crippen MR) is 368 cm³/mol. The van der Waals surface area contributed by atoms with Gasteiger partial charge < -0.3 is 28.4 Å². The quantitative estimate of drug-likeness (QED) is 0.141. The number of aryl methyl sites for hydroxylation is 6. The molecule has 414 valence electrons. The lowest BCUT2D eigenvalue weighted by Crippen LogP contribution is -2.61. The van der Waals surface area contributed by atoms with Gasteiger partial charge in [0, 0.05) is 78.4 Å². The van der Waals surface area contributed by atoms with Crippen molar-refractivity contribution in [3.05, 3.63) is 282 Å². The first-order valence-corrected chi connectivity index (χ1v) is 30.2. The molecule has 15 aromatic rings. The van der Waals surface area contributed by atoms with E-state index in [-0.39, 0.29) is 6.71 Å². The zero-order chi connectivity index (χ0) is 58.3. The third-order valence-electron chi connectivity index (χ3n) is 18.3. The number of furan rings is 2. The van der Waals surface area contributed by atoms with Crippen LogP contribution in [0.3, 0.4) is 0 Å². The zero-order valence-corrected chi connectivity index (χ0v) is 49.4. The highest BCUT2D eigenvalue weighted by molar-refractivity contribution is 7.00. The van der Waals surface area contributed by atoms with E-state index >= 15 is 0 Å². The molecule has 7 heteroatoms. The summed E-state index contributed by atoms with van der Waals surface area (Å²) in [6.45, 7) is 13.3. The number of hydrogen-bond donors (Lipinski definition) is 0. The third kappa shape index (κ3) is 7.96. The van der Waals surface area contributed by atoms with E-state index in [2.05, 4.69) is 310 Å². The number of nitrogens with zero attached hydrogens (tertiary/aromatic N) is 4. The summed E-state index contributed by atoms with van der Waals surface area (Å²) in [6, 6.07) is 91.0. The molecular formula is C80H59BN4O2. The minimum atomic E-state index is -0.187. The fourth-order valence-electron chi connectivity index (χ4n) is 14.9. The van der Waals surface area contributed by atoms with Crippen molar-refractivity contribution in [2.45, 2.75) is 41.5 Å². The van der Waals surface area contributed by atoms with Crippen LogP contribution in [-0.2, 0) is 0 Å². The van der Waals surface area contributed by atoms with Crippen molar-refractivity contribution in [1.82, 2.24) is 0 Å². The maximum absolute atomic E-state index is 7.21. The molecule has 0 saturated carbocycles. The molecule has 0 bridgehead atoms. The Kier molecular flexibility index (Phi) is 11.3. The second kappa shape index (κ2) is 19.4. The van der Waals surface area contributed by atoms with Crippen LogP contribution in [0.5, 0.6) is 0 Å². The zero-order valence-electron chi connectivity index (χ0n) is 49.4. The highest BCUT2D eigenvalue weighted by Crippen LogP contribution is 2.50. The van der Waals surface area contributed by atoms with Crippen LogP contribution in [0.1, 0.15) is 33.4 Å². The number of benzene rings is 13. The normalized spacial score (nSPS) is 12.6. The molecular weight excluding hydrogens is 1060 g/mol. The van der Waals surface area contributed by atoms with E-state index in [1.807, 2.05) is 0 Å². The van der Waals surface area contributed by atoms with Crippen molar-refractivity contribution in [2.24, 2.45) is 0 Å². The summed E-state index contributed by atoms with van der Waals surface area (Å²) < 4.78 is 14.4. The van der Waals surface area contributed by atoms with Crippen molar-refractivity contribution >= 4 is 157 Å². The van der Waals surface area contributed by atoms with Crippen molar-refractivity contribution in [2.75, 3.05) is 19.6 Å². The molecule has 2 aromatic heterocycles. The standard InChI is InChI=1S/C80H59BN4O2/c1-48-34-50(3)79(51(4)35-48)84-70-28-19-29-71-78(70)81(68-46-76-66(44-72(68)84)64-40-54-30-32-62(38-56(54)42-74(64)86-76)82(58-20-11-7-12-21-58)59-22-13-8-14-23-59)69-47-77-67(45-73(69)85(71)80-52(5)36-49(2)37-53(80)6)65-41-55-31-33-63(39-57(55)43-75(65)87-77)83(60-24-15-9-16-25-60)61-26-17-10-18-27-61/h7-47H,1-6H3. The SMILES string of the molecule is Cc1cc(C)c(N2c3cc4c(cc3B3c5cc6oc7cc8cc(N(c9ccccc9)c9ccccc9)ccc8cc7c6cc5N(c5c(C)cc(C)cc5C)c5cccc2c53)oc2cc3cc(N(c5ccccc5)c5ccccc5)ccc3cc24)c(C)c1. The first-order valence-electron chi connectivity index (χ1n) is 30.2. The van der Waals surface area contributed by atoms with E-state index in [1.54, 1.807) is 0 Å². The summed E-state index contributed by atoms with van der Waals surface area (Å²) in [5.74, 6) is 0. The van der Waals surface area contributed by atoms with Gasteiger partial charge in [-0.2, -0.15) is 0 Å². The first-order chi connectivity index (χ1) is 42.6. The summed E-state index contributed by atoms with van der Waals surface area (Å²) in [5.41, 5.74) is 28.0. The van der Waals surface area contributed by atoms with Gasteiger partial charge in [-0.1, -0.05) is 126 Å². The number of fused-ring (bicyclic) bond motifs is 12. The molecule has 0 N–H and O–H groups in total. The Balaban J connectivity index is 0.895. The second-order valence-corrected chi connectivity index (χ2v) is 24.1. The monoisotopic (exact) mass is 1120 g/mol. The van der Waals surface area contributed by atoms with Gasteiger partial charge in [0.1, 0.15) is 22.3 Å². The van der Waals surface area contributed by atoms with Crippen molar-refractivity contribution in [3.63, 3.8) is 0 Å². The summed E-state index contributed by atoms with van der Waals surface area (Å²) in [6.07, 6.45) is 0. The van der Waals surface area contributed by atoms with Crippen molar-refractivity contribution < 1.29 is 8.83 Å². The molecule has 0 radical (unpaired) electrons. The van der Waals surface area contributed by atoms with Crippen LogP contribution in [0, 0.1) is 41.5 Å². The third-order valence-corrected chi connectivity index (χ3v) is 18.3. The van der Waals surface area contributed by atoms with Gasteiger partial charge in [-0.3, -0.25) is 0 Å². The van der Waals surface area contributed by atoms with E-state index in [0.29, 0.717) is 0 Å². The van der Waals surface area contributed by atoms with Crippen LogP contribution in [0.15, 0.2) is 258 Å². The van der Waals surface area contributed by atoms with Crippen LogP contribution in [0.2, 0.25) is 0 Å². The lowest BCUT2D eigenvalue weighted by molar-refractivity contribution is 0.669. The minimum Gasteiger partial charge on any atom is -0.456 e. The molecule has 0 saturated heterocycles. The lowest BCUT2D eigenvalue weighted by Gasteiger charge is -2.45. The maximum Gasteiger partial charge on any atom is 0.252 e. The Bertz CT molecular complexity index is 4870. The molecule has 0 atom stereocenters. The van der Waals surface area contributed by atoms with Crippen LogP contribution in [0.25, 0.3) is 65.4 Å². The fraction of sp³-hybridized carbons (Fsp3) is 0.0750. The molecule has 0 fully saturated rings. The van der Waals surface area contributed by atoms with Gasteiger partial charge in [0.15, 0.2) is 0 Å². The molecule has 2 aliphatic heterocycles. The van der Waals surface area contributed by atoms with Gasteiger partial charge in [-0.05, 0) is 235 Å². The van der Waals surface area contributed by atoms with Gasteiger partial charge in [0.25, 0.3) is 6.71 Å². The fourth-order valence-corrected chi connectivity index (χ4v) is 14.9.